The first-order valence-electron chi connectivity index (χ1n) is 8.57. The lowest BCUT2D eigenvalue weighted by atomic mass is 9.56. The summed E-state index contributed by atoms with van der Waals surface area (Å²) in [6.45, 7) is 2.55. The fourth-order valence-electron chi connectivity index (χ4n) is 6.09. The van der Waals surface area contributed by atoms with Crippen molar-refractivity contribution in [2.75, 3.05) is 0 Å². The molecule has 4 aliphatic rings. The second-order valence-corrected chi connectivity index (χ2v) is 8.04. The highest BCUT2D eigenvalue weighted by atomic mass is 16.3. The largest absolute Gasteiger partial charge is 0.386 e. The van der Waals surface area contributed by atoms with Gasteiger partial charge in [0.15, 0.2) is 0 Å². The highest BCUT2D eigenvalue weighted by Crippen LogP contribution is 2.61. The van der Waals surface area contributed by atoms with Gasteiger partial charge in [0.25, 0.3) is 0 Å². The van der Waals surface area contributed by atoms with E-state index in [1.807, 2.05) is 0 Å². The van der Waals surface area contributed by atoms with Crippen molar-refractivity contribution in [2.45, 2.75) is 83.2 Å². The van der Waals surface area contributed by atoms with Crippen molar-refractivity contribution < 1.29 is 5.11 Å². The Bertz CT molecular complexity index is 423. The summed E-state index contributed by atoms with van der Waals surface area (Å²) in [6, 6.07) is 0. The van der Waals surface area contributed by atoms with Crippen LogP contribution in [-0.2, 0) is 0 Å². The van der Waals surface area contributed by atoms with Gasteiger partial charge in [-0.2, -0.15) is 0 Å². The minimum Gasteiger partial charge on any atom is -0.386 e. The molecule has 0 aromatic carbocycles. The highest BCUT2D eigenvalue weighted by molar-refractivity contribution is 5.33. The second kappa shape index (κ2) is 4.10. The van der Waals surface area contributed by atoms with Crippen molar-refractivity contribution >= 4 is 0 Å². The van der Waals surface area contributed by atoms with E-state index in [0.717, 1.165) is 24.7 Å². The lowest BCUT2D eigenvalue weighted by molar-refractivity contribution is 0.00778. The molecule has 19 heavy (non-hydrogen) atoms. The van der Waals surface area contributed by atoms with Crippen molar-refractivity contribution in [1.29, 1.82) is 0 Å². The van der Waals surface area contributed by atoms with E-state index in [2.05, 4.69) is 6.92 Å². The van der Waals surface area contributed by atoms with Gasteiger partial charge in [-0.25, -0.2) is 0 Å². The molecule has 0 aromatic rings. The minimum atomic E-state index is -0.379. The number of aliphatic hydroxyl groups is 1. The van der Waals surface area contributed by atoms with Crippen LogP contribution < -0.4 is 0 Å². The number of fused-ring (bicyclic) bond motifs is 4. The van der Waals surface area contributed by atoms with Crippen LogP contribution >= 0.6 is 0 Å². The van der Waals surface area contributed by atoms with E-state index >= 15 is 0 Å². The summed E-state index contributed by atoms with van der Waals surface area (Å²) < 4.78 is 0. The highest BCUT2D eigenvalue weighted by Gasteiger charge is 2.51. The molecule has 0 aromatic heterocycles. The smallest absolute Gasteiger partial charge is 0.0859 e. The Labute approximate surface area is 117 Å². The molecule has 4 atom stereocenters. The third-order valence-electron chi connectivity index (χ3n) is 7.14. The van der Waals surface area contributed by atoms with Crippen LogP contribution in [-0.4, -0.2) is 10.7 Å². The summed E-state index contributed by atoms with van der Waals surface area (Å²) in [4.78, 5) is 0. The molecule has 0 saturated heterocycles. The van der Waals surface area contributed by atoms with Crippen LogP contribution in [0.4, 0.5) is 0 Å². The van der Waals surface area contributed by atoms with E-state index in [1.54, 1.807) is 5.57 Å². The molecule has 0 aliphatic heterocycles. The van der Waals surface area contributed by atoms with Crippen molar-refractivity contribution in [3.05, 3.63) is 11.1 Å². The molecular weight excluding hydrogens is 232 g/mol. The normalized spacial score (nSPS) is 49.6. The number of hydrogen-bond donors (Lipinski definition) is 1. The van der Waals surface area contributed by atoms with E-state index in [4.69, 9.17) is 0 Å². The van der Waals surface area contributed by atoms with Crippen LogP contribution in [0.25, 0.3) is 0 Å². The van der Waals surface area contributed by atoms with Gasteiger partial charge in [0.2, 0.25) is 0 Å². The molecule has 0 bridgehead atoms. The van der Waals surface area contributed by atoms with Crippen LogP contribution in [0.1, 0.15) is 77.6 Å². The Morgan fingerprint density at radius 3 is 2.74 bits per heavy atom. The molecule has 106 valence electrons. The quantitative estimate of drug-likeness (QED) is 0.631. The first-order valence-corrected chi connectivity index (χ1v) is 8.57. The maximum absolute atomic E-state index is 11.0. The Morgan fingerprint density at radius 1 is 0.947 bits per heavy atom. The second-order valence-electron chi connectivity index (χ2n) is 8.04. The van der Waals surface area contributed by atoms with E-state index in [-0.39, 0.29) is 5.60 Å². The fraction of sp³-hybridized carbons (Fsp3) is 0.889. The molecule has 1 N–H and O–H groups in total. The summed E-state index contributed by atoms with van der Waals surface area (Å²) in [7, 11) is 0. The van der Waals surface area contributed by atoms with Gasteiger partial charge < -0.3 is 5.11 Å². The van der Waals surface area contributed by atoms with E-state index in [1.165, 1.54) is 63.4 Å². The van der Waals surface area contributed by atoms with Crippen LogP contribution in [0.3, 0.4) is 0 Å². The monoisotopic (exact) mass is 260 g/mol. The molecule has 3 saturated carbocycles. The minimum absolute atomic E-state index is 0.379. The van der Waals surface area contributed by atoms with Crippen LogP contribution in [0.2, 0.25) is 0 Å². The average Bonchev–Trinajstić information content (AvgIpc) is 2.79. The Morgan fingerprint density at radius 2 is 1.84 bits per heavy atom. The van der Waals surface area contributed by atoms with Gasteiger partial charge in [0.1, 0.15) is 0 Å². The SMILES string of the molecule is C[C@@]12CCC[C@H]1[C@@H]1CC[C@@]3(O)CCCCC3=C1CC2. The van der Waals surface area contributed by atoms with Crippen molar-refractivity contribution in [3.63, 3.8) is 0 Å². The molecule has 0 heterocycles. The topological polar surface area (TPSA) is 20.2 Å². The lowest BCUT2D eigenvalue weighted by Gasteiger charge is -2.51. The standard InChI is InChI=1S/C18H28O/c1-17-9-4-6-15(17)13-8-12-18(19)10-3-2-5-16(18)14(13)7-11-17/h13,15,19H,2-12H2,1H3/t13-,15+,17+,18+/m1/s1. The van der Waals surface area contributed by atoms with Crippen LogP contribution in [0, 0.1) is 17.3 Å². The fourth-order valence-corrected chi connectivity index (χ4v) is 6.09. The van der Waals surface area contributed by atoms with E-state index < -0.39 is 0 Å². The molecular formula is C18H28O. The predicted octanol–water partition coefficient (Wildman–Crippen LogP) is 4.60. The van der Waals surface area contributed by atoms with Crippen LogP contribution in [0.5, 0.6) is 0 Å². The zero-order chi connectivity index (χ0) is 13.1. The first-order chi connectivity index (χ1) is 9.12. The van der Waals surface area contributed by atoms with Gasteiger partial charge in [0, 0.05) is 0 Å². The molecule has 3 fully saturated rings. The summed E-state index contributed by atoms with van der Waals surface area (Å²) >= 11 is 0. The van der Waals surface area contributed by atoms with E-state index in [0.29, 0.717) is 5.41 Å². The summed E-state index contributed by atoms with van der Waals surface area (Å²) in [5.41, 5.74) is 3.51. The lowest BCUT2D eigenvalue weighted by Crippen LogP contribution is -2.44. The number of hydrogen-bond acceptors (Lipinski definition) is 1. The zero-order valence-electron chi connectivity index (χ0n) is 12.4. The first kappa shape index (κ1) is 12.4. The average molecular weight is 260 g/mol. The van der Waals surface area contributed by atoms with Gasteiger partial charge in [-0.1, -0.05) is 18.9 Å². The number of rotatable bonds is 0. The number of allylic oxidation sites excluding steroid dienone is 1. The van der Waals surface area contributed by atoms with E-state index in [9.17, 15) is 5.11 Å². The van der Waals surface area contributed by atoms with Gasteiger partial charge in [-0.15, -0.1) is 0 Å². The van der Waals surface area contributed by atoms with Crippen LogP contribution in [0.15, 0.2) is 11.1 Å². The molecule has 1 heteroatoms. The molecule has 1 nitrogen and oxygen atoms in total. The Hall–Kier alpha value is -0.300. The van der Waals surface area contributed by atoms with Gasteiger partial charge in [0.05, 0.1) is 5.60 Å². The van der Waals surface area contributed by atoms with Crippen molar-refractivity contribution in [3.8, 4) is 0 Å². The zero-order valence-corrected chi connectivity index (χ0v) is 12.4. The summed E-state index contributed by atoms with van der Waals surface area (Å²) in [6.07, 6.45) is 14.2. The maximum atomic E-state index is 11.0. The third-order valence-corrected chi connectivity index (χ3v) is 7.14. The van der Waals surface area contributed by atoms with Crippen molar-refractivity contribution in [2.24, 2.45) is 17.3 Å². The van der Waals surface area contributed by atoms with Crippen molar-refractivity contribution in [1.82, 2.24) is 0 Å². The van der Waals surface area contributed by atoms with Gasteiger partial charge >= 0.3 is 0 Å². The van der Waals surface area contributed by atoms with Gasteiger partial charge in [-0.05, 0) is 87.0 Å². The maximum Gasteiger partial charge on any atom is 0.0859 e. The Kier molecular flexibility index (Phi) is 2.68. The molecule has 4 aliphatic carbocycles. The molecule has 4 rings (SSSR count). The van der Waals surface area contributed by atoms with Gasteiger partial charge in [-0.3, -0.25) is 0 Å². The molecule has 0 spiro atoms. The third kappa shape index (κ3) is 1.70. The molecule has 0 radical (unpaired) electrons. The molecule has 0 unspecified atom stereocenters. The summed E-state index contributed by atoms with van der Waals surface area (Å²) in [5.74, 6) is 1.78. The summed E-state index contributed by atoms with van der Waals surface area (Å²) in [5, 5.41) is 11.0. The predicted molar refractivity (Wildman–Crippen MR) is 77.8 cm³/mol. The Balaban J connectivity index is 1.74. The molecule has 0 amide bonds.